The molecule has 0 aliphatic heterocycles. The van der Waals surface area contributed by atoms with E-state index < -0.39 is 12.2 Å². The molecule has 1 aliphatic rings. The largest absolute Gasteiger partial charge is 0.469 e. The molecule has 1 fully saturated rings. The van der Waals surface area contributed by atoms with Crippen LogP contribution in [0.2, 0.25) is 0 Å². The van der Waals surface area contributed by atoms with Gasteiger partial charge in [-0.25, -0.2) is 0 Å². The fraction of sp³-hybridized carbons (Fsp3) is 0.810. The molecule has 1 aliphatic carbocycles. The van der Waals surface area contributed by atoms with Crippen LogP contribution in [0, 0.1) is 11.8 Å². The SMILES string of the molecule is CCCCC[C@H](O)/C=C/[C@H]1[C@H](O)CC(=O)[C@@H]1CCCCCCC(=O)OC. The van der Waals surface area contributed by atoms with Crippen LogP contribution in [0.3, 0.4) is 0 Å². The molecule has 26 heavy (non-hydrogen) atoms. The maximum atomic E-state index is 12.2. The van der Waals surface area contributed by atoms with Gasteiger partial charge in [0.25, 0.3) is 0 Å². The number of carbonyl (C=O) groups excluding carboxylic acids is 2. The maximum absolute atomic E-state index is 12.2. The van der Waals surface area contributed by atoms with Gasteiger partial charge in [0.05, 0.1) is 19.3 Å². The zero-order valence-corrected chi connectivity index (χ0v) is 16.4. The first-order valence-corrected chi connectivity index (χ1v) is 10.1. The molecular weight excluding hydrogens is 332 g/mol. The Morgan fingerprint density at radius 2 is 1.96 bits per heavy atom. The van der Waals surface area contributed by atoms with Crippen molar-refractivity contribution in [2.75, 3.05) is 7.11 Å². The van der Waals surface area contributed by atoms with Crippen LogP contribution in [0.1, 0.15) is 77.6 Å². The van der Waals surface area contributed by atoms with Crippen LogP contribution in [0.4, 0.5) is 0 Å². The van der Waals surface area contributed by atoms with Gasteiger partial charge in [-0.15, -0.1) is 0 Å². The van der Waals surface area contributed by atoms with Gasteiger partial charge in [-0.3, -0.25) is 9.59 Å². The Balaban J connectivity index is 2.37. The lowest BCUT2D eigenvalue weighted by Crippen LogP contribution is -2.19. The van der Waals surface area contributed by atoms with Crippen LogP contribution in [0.25, 0.3) is 0 Å². The molecule has 1 rings (SSSR count). The highest BCUT2D eigenvalue weighted by atomic mass is 16.5. The molecule has 2 N–H and O–H groups in total. The Morgan fingerprint density at radius 1 is 1.23 bits per heavy atom. The van der Waals surface area contributed by atoms with Gasteiger partial charge in [0.15, 0.2) is 0 Å². The van der Waals surface area contributed by atoms with Crippen LogP contribution in [-0.2, 0) is 14.3 Å². The first-order valence-electron chi connectivity index (χ1n) is 10.1. The van der Waals surface area contributed by atoms with E-state index in [1.165, 1.54) is 7.11 Å². The maximum Gasteiger partial charge on any atom is 0.305 e. The van der Waals surface area contributed by atoms with E-state index in [4.69, 9.17) is 0 Å². The van der Waals surface area contributed by atoms with Crippen molar-refractivity contribution in [1.82, 2.24) is 0 Å². The van der Waals surface area contributed by atoms with Gasteiger partial charge < -0.3 is 14.9 Å². The molecule has 150 valence electrons. The number of ether oxygens (including phenoxy) is 1. The number of carbonyl (C=O) groups is 2. The molecular formula is C21H36O5. The first-order chi connectivity index (χ1) is 12.5. The molecule has 0 aromatic heterocycles. The third-order valence-corrected chi connectivity index (χ3v) is 5.27. The minimum Gasteiger partial charge on any atom is -0.469 e. The van der Waals surface area contributed by atoms with Crippen LogP contribution < -0.4 is 0 Å². The van der Waals surface area contributed by atoms with Crippen LogP contribution in [-0.4, -0.2) is 41.3 Å². The van der Waals surface area contributed by atoms with Gasteiger partial charge in [0.1, 0.15) is 5.78 Å². The summed E-state index contributed by atoms with van der Waals surface area (Å²) in [6, 6.07) is 0. The number of aliphatic hydroxyl groups is 2. The second-order valence-corrected chi connectivity index (χ2v) is 7.40. The lowest BCUT2D eigenvalue weighted by atomic mass is 9.88. The van der Waals surface area contributed by atoms with Gasteiger partial charge in [-0.2, -0.15) is 0 Å². The number of esters is 1. The van der Waals surface area contributed by atoms with Crippen molar-refractivity contribution < 1.29 is 24.5 Å². The molecule has 1 saturated carbocycles. The van der Waals surface area contributed by atoms with Crippen molar-refractivity contribution in [3.63, 3.8) is 0 Å². The topological polar surface area (TPSA) is 83.8 Å². The molecule has 5 heteroatoms. The Labute approximate surface area is 157 Å². The van der Waals surface area contributed by atoms with E-state index in [-0.39, 0.29) is 30.0 Å². The fourth-order valence-electron chi connectivity index (χ4n) is 3.64. The van der Waals surface area contributed by atoms with Crippen molar-refractivity contribution in [2.45, 2.75) is 89.8 Å². The predicted molar refractivity (Wildman–Crippen MR) is 102 cm³/mol. The highest BCUT2D eigenvalue weighted by Gasteiger charge is 2.39. The Morgan fingerprint density at radius 3 is 2.65 bits per heavy atom. The average molecular weight is 369 g/mol. The number of aliphatic hydroxyl groups excluding tert-OH is 2. The molecule has 0 aromatic carbocycles. The van der Waals surface area contributed by atoms with Gasteiger partial charge in [0.2, 0.25) is 0 Å². The van der Waals surface area contributed by atoms with E-state index in [0.29, 0.717) is 6.42 Å². The molecule has 0 heterocycles. The summed E-state index contributed by atoms with van der Waals surface area (Å²) >= 11 is 0. The Kier molecular flexibility index (Phi) is 11.5. The number of methoxy groups -OCH3 is 1. The van der Waals surface area contributed by atoms with E-state index in [0.717, 1.165) is 57.8 Å². The molecule has 0 radical (unpaired) electrons. The minimum atomic E-state index is -0.633. The smallest absolute Gasteiger partial charge is 0.305 e. The van der Waals surface area contributed by atoms with E-state index in [1.54, 1.807) is 6.08 Å². The van der Waals surface area contributed by atoms with Gasteiger partial charge in [-0.1, -0.05) is 57.6 Å². The number of Topliss-reactive ketones (excluding diaryl/α,β-unsaturated/α-hetero) is 1. The molecule has 0 bridgehead atoms. The van der Waals surface area contributed by atoms with Crippen LogP contribution >= 0.6 is 0 Å². The standard InChI is InChI=1S/C21H36O5/c1-3-4-7-10-16(22)13-14-18-17(19(23)15-20(18)24)11-8-5-6-9-12-21(25)26-2/h13-14,16-18,20,22,24H,3-12,15H2,1-2H3/b14-13+/t16-,17+,18+,20+/m0/s1. The normalized spacial score (nSPS) is 24.3. The van der Waals surface area contributed by atoms with E-state index in [9.17, 15) is 19.8 Å². The zero-order valence-electron chi connectivity index (χ0n) is 16.4. The van der Waals surface area contributed by atoms with Gasteiger partial charge in [0, 0.05) is 24.7 Å². The second kappa shape index (κ2) is 13.0. The molecule has 0 amide bonds. The number of hydrogen-bond acceptors (Lipinski definition) is 5. The molecule has 0 saturated heterocycles. The number of ketones is 1. The summed E-state index contributed by atoms with van der Waals surface area (Å²) < 4.78 is 4.62. The Hall–Kier alpha value is -1.20. The summed E-state index contributed by atoms with van der Waals surface area (Å²) in [5.74, 6) is -0.382. The number of unbranched alkanes of at least 4 members (excludes halogenated alkanes) is 5. The number of hydrogen-bond donors (Lipinski definition) is 2. The monoisotopic (exact) mass is 368 g/mol. The third kappa shape index (κ3) is 8.45. The van der Waals surface area contributed by atoms with Crippen molar-refractivity contribution >= 4 is 11.8 Å². The molecule has 0 unspecified atom stereocenters. The van der Waals surface area contributed by atoms with E-state index >= 15 is 0 Å². The van der Waals surface area contributed by atoms with Crippen molar-refractivity contribution in [1.29, 1.82) is 0 Å². The fourth-order valence-corrected chi connectivity index (χ4v) is 3.64. The van der Waals surface area contributed by atoms with Crippen molar-refractivity contribution in [3.05, 3.63) is 12.2 Å². The molecule has 0 aromatic rings. The molecule has 5 nitrogen and oxygen atoms in total. The lowest BCUT2D eigenvalue weighted by molar-refractivity contribution is -0.140. The lowest BCUT2D eigenvalue weighted by Gasteiger charge is -2.18. The molecule has 4 atom stereocenters. The second-order valence-electron chi connectivity index (χ2n) is 7.40. The van der Waals surface area contributed by atoms with Crippen molar-refractivity contribution in [3.8, 4) is 0 Å². The van der Waals surface area contributed by atoms with Crippen LogP contribution in [0.15, 0.2) is 12.2 Å². The molecule has 0 spiro atoms. The quantitative estimate of drug-likeness (QED) is 0.295. The highest BCUT2D eigenvalue weighted by Crippen LogP contribution is 2.34. The summed E-state index contributed by atoms with van der Waals surface area (Å²) in [5.41, 5.74) is 0. The third-order valence-electron chi connectivity index (χ3n) is 5.27. The van der Waals surface area contributed by atoms with Crippen LogP contribution in [0.5, 0.6) is 0 Å². The van der Waals surface area contributed by atoms with Gasteiger partial charge >= 0.3 is 5.97 Å². The van der Waals surface area contributed by atoms with Crippen molar-refractivity contribution in [2.24, 2.45) is 11.8 Å². The average Bonchev–Trinajstić information content (AvgIpc) is 2.89. The summed E-state index contributed by atoms with van der Waals surface area (Å²) in [7, 11) is 1.40. The predicted octanol–water partition coefficient (Wildman–Crippen LogP) is 3.56. The van der Waals surface area contributed by atoms with E-state index in [1.807, 2.05) is 6.08 Å². The summed E-state index contributed by atoms with van der Waals surface area (Å²) in [4.78, 5) is 23.2. The first kappa shape index (κ1) is 22.8. The summed E-state index contributed by atoms with van der Waals surface area (Å²) in [6.45, 7) is 2.13. The zero-order chi connectivity index (χ0) is 19.4. The summed E-state index contributed by atoms with van der Waals surface area (Å²) in [5, 5.41) is 20.2. The number of rotatable bonds is 13. The summed E-state index contributed by atoms with van der Waals surface area (Å²) in [6.07, 6.45) is 11.5. The Bertz CT molecular complexity index is 446. The van der Waals surface area contributed by atoms with E-state index in [2.05, 4.69) is 11.7 Å². The highest BCUT2D eigenvalue weighted by molar-refractivity contribution is 5.84. The van der Waals surface area contributed by atoms with Gasteiger partial charge in [-0.05, 0) is 19.3 Å². The minimum absolute atomic E-state index is 0.127.